The topological polar surface area (TPSA) is 3.88 Å². The molecular weight excluding hydrogens is 286 g/mol. The molecule has 1 nitrogen and oxygen atoms in total. The fourth-order valence-corrected chi connectivity index (χ4v) is 4.97. The van der Waals surface area contributed by atoms with Gasteiger partial charge in [0.2, 0.25) is 10.5 Å². The summed E-state index contributed by atoms with van der Waals surface area (Å²) < 4.78 is 4.00. The Morgan fingerprint density at radius 1 is 0.864 bits per heavy atom. The highest BCUT2D eigenvalue weighted by atomic mass is 32.1. The predicted molar refractivity (Wildman–Crippen MR) is 93.4 cm³/mol. The molecule has 1 heterocycles. The number of aromatic nitrogens is 1. The zero-order chi connectivity index (χ0) is 14.8. The Hall–Kier alpha value is -1.67. The molecule has 0 saturated heterocycles. The van der Waals surface area contributed by atoms with Crippen molar-refractivity contribution in [1.82, 2.24) is 0 Å². The number of para-hydroxylation sites is 1. The lowest BCUT2D eigenvalue weighted by atomic mass is 9.89. The molecular formula is C20H22NS+. The minimum absolute atomic E-state index is 0.759. The van der Waals surface area contributed by atoms with Crippen LogP contribution in [0.4, 0.5) is 0 Å². The van der Waals surface area contributed by atoms with Gasteiger partial charge in [-0.05, 0) is 18.9 Å². The Bertz CT molecular complexity index is 754. The molecule has 3 aromatic rings. The first-order valence-electron chi connectivity index (χ1n) is 8.37. The van der Waals surface area contributed by atoms with E-state index in [1.807, 2.05) is 11.3 Å². The standard InChI is InChI=1S/C20H22NS/c1-3-9-16(10-4-1)15-21-18-13-7-8-14-19(18)22-20(21)17-11-5-2-6-12-17/h1,3-4,7-10,13-14,17H,2,5-6,11-12,15H2/q+1. The van der Waals surface area contributed by atoms with Crippen molar-refractivity contribution in [1.29, 1.82) is 0 Å². The lowest BCUT2D eigenvalue weighted by Crippen LogP contribution is -2.38. The molecule has 2 heteroatoms. The maximum absolute atomic E-state index is 2.57. The summed E-state index contributed by atoms with van der Waals surface area (Å²) in [5, 5.41) is 1.59. The van der Waals surface area contributed by atoms with Crippen molar-refractivity contribution in [3.63, 3.8) is 0 Å². The minimum atomic E-state index is 0.759. The van der Waals surface area contributed by atoms with E-state index >= 15 is 0 Å². The molecule has 0 bridgehead atoms. The molecule has 0 atom stereocenters. The van der Waals surface area contributed by atoms with Gasteiger partial charge in [-0.1, -0.05) is 73.1 Å². The summed E-state index contributed by atoms with van der Waals surface area (Å²) in [6.07, 6.45) is 6.93. The van der Waals surface area contributed by atoms with Crippen molar-refractivity contribution >= 4 is 21.6 Å². The number of fused-ring (bicyclic) bond motifs is 1. The summed E-state index contributed by atoms with van der Waals surface area (Å²) in [5.74, 6) is 0.759. The van der Waals surface area contributed by atoms with E-state index in [4.69, 9.17) is 0 Å². The number of hydrogen-bond donors (Lipinski definition) is 0. The Labute approximate surface area is 136 Å². The van der Waals surface area contributed by atoms with Crippen LogP contribution < -0.4 is 4.57 Å². The lowest BCUT2D eigenvalue weighted by Gasteiger charge is -2.18. The van der Waals surface area contributed by atoms with Crippen molar-refractivity contribution in [3.8, 4) is 0 Å². The van der Waals surface area contributed by atoms with Gasteiger partial charge in [-0.3, -0.25) is 0 Å². The van der Waals surface area contributed by atoms with Gasteiger partial charge in [0.25, 0.3) is 0 Å². The second-order valence-corrected chi connectivity index (χ2v) is 7.38. The van der Waals surface area contributed by atoms with Crippen LogP contribution in [-0.2, 0) is 6.54 Å². The zero-order valence-electron chi connectivity index (χ0n) is 12.9. The summed E-state index contributed by atoms with van der Waals surface area (Å²) in [4.78, 5) is 0. The van der Waals surface area contributed by atoms with Gasteiger partial charge < -0.3 is 0 Å². The Morgan fingerprint density at radius 2 is 1.59 bits per heavy atom. The molecule has 0 amide bonds. The third-order valence-corrected chi connectivity index (χ3v) is 6.10. The molecule has 0 aliphatic heterocycles. The molecule has 1 aliphatic rings. The van der Waals surface area contributed by atoms with Gasteiger partial charge in [-0.15, -0.1) is 0 Å². The molecule has 1 saturated carbocycles. The largest absolute Gasteiger partial charge is 0.241 e. The molecule has 0 N–H and O–H groups in total. The van der Waals surface area contributed by atoms with Crippen LogP contribution in [0.2, 0.25) is 0 Å². The van der Waals surface area contributed by atoms with Crippen molar-refractivity contribution in [2.24, 2.45) is 0 Å². The SMILES string of the molecule is c1ccc(C[n+]2c(C3CCCCC3)sc3ccccc32)cc1. The van der Waals surface area contributed by atoms with Crippen LogP contribution in [0.5, 0.6) is 0 Å². The lowest BCUT2D eigenvalue weighted by molar-refractivity contribution is -0.667. The summed E-state index contributed by atoms with van der Waals surface area (Å²) in [5.41, 5.74) is 2.80. The van der Waals surface area contributed by atoms with E-state index in [0.717, 1.165) is 12.5 Å². The van der Waals surface area contributed by atoms with E-state index < -0.39 is 0 Å². The predicted octanol–water partition coefficient (Wildman–Crippen LogP) is 5.28. The monoisotopic (exact) mass is 308 g/mol. The fourth-order valence-electron chi connectivity index (χ4n) is 3.64. The molecule has 1 aromatic heterocycles. The van der Waals surface area contributed by atoms with Crippen LogP contribution in [-0.4, -0.2) is 0 Å². The Balaban J connectivity index is 1.79. The van der Waals surface area contributed by atoms with E-state index in [1.165, 1.54) is 47.9 Å². The fraction of sp³-hybridized carbons (Fsp3) is 0.350. The number of rotatable bonds is 3. The molecule has 2 aromatic carbocycles. The third kappa shape index (κ3) is 2.68. The highest BCUT2D eigenvalue weighted by Crippen LogP contribution is 2.36. The van der Waals surface area contributed by atoms with Crippen LogP contribution in [0.3, 0.4) is 0 Å². The summed E-state index contributed by atoms with van der Waals surface area (Å²) in [7, 11) is 0. The normalized spacial score (nSPS) is 16.2. The zero-order valence-corrected chi connectivity index (χ0v) is 13.7. The molecule has 1 aliphatic carbocycles. The van der Waals surface area contributed by atoms with Crippen molar-refractivity contribution in [2.75, 3.05) is 0 Å². The maximum atomic E-state index is 2.57. The van der Waals surface area contributed by atoms with E-state index in [9.17, 15) is 0 Å². The second kappa shape index (κ2) is 6.21. The van der Waals surface area contributed by atoms with Crippen LogP contribution in [0.15, 0.2) is 54.6 Å². The van der Waals surface area contributed by atoms with Crippen LogP contribution in [0, 0.1) is 0 Å². The van der Waals surface area contributed by atoms with E-state index in [1.54, 1.807) is 5.01 Å². The quantitative estimate of drug-likeness (QED) is 0.579. The first-order chi connectivity index (χ1) is 10.9. The molecule has 0 unspecified atom stereocenters. The third-order valence-electron chi connectivity index (χ3n) is 4.77. The molecule has 0 spiro atoms. The first-order valence-corrected chi connectivity index (χ1v) is 9.18. The first kappa shape index (κ1) is 14.0. The molecule has 1 fully saturated rings. The van der Waals surface area contributed by atoms with E-state index in [0.29, 0.717) is 0 Å². The maximum Gasteiger partial charge on any atom is 0.241 e. The highest BCUT2D eigenvalue weighted by molar-refractivity contribution is 7.18. The van der Waals surface area contributed by atoms with Crippen molar-refractivity contribution in [3.05, 3.63) is 65.2 Å². The number of thiazole rings is 1. The average Bonchev–Trinajstić information content (AvgIpc) is 2.95. The molecule has 0 radical (unpaired) electrons. The van der Waals surface area contributed by atoms with Gasteiger partial charge in [0.05, 0.1) is 5.92 Å². The number of benzene rings is 2. The molecule has 112 valence electrons. The average molecular weight is 308 g/mol. The minimum Gasteiger partial charge on any atom is -0.181 e. The highest BCUT2D eigenvalue weighted by Gasteiger charge is 2.29. The van der Waals surface area contributed by atoms with Gasteiger partial charge in [-0.25, -0.2) is 0 Å². The summed E-state index contributed by atoms with van der Waals surface area (Å²) in [6.45, 7) is 0.997. The van der Waals surface area contributed by atoms with E-state index in [-0.39, 0.29) is 0 Å². The van der Waals surface area contributed by atoms with Crippen LogP contribution >= 0.6 is 11.3 Å². The van der Waals surface area contributed by atoms with Gasteiger partial charge >= 0.3 is 0 Å². The number of nitrogens with zero attached hydrogens (tertiary/aromatic N) is 1. The van der Waals surface area contributed by atoms with Crippen molar-refractivity contribution < 1.29 is 4.57 Å². The van der Waals surface area contributed by atoms with Gasteiger partial charge in [0.1, 0.15) is 4.70 Å². The van der Waals surface area contributed by atoms with Crippen LogP contribution in [0.25, 0.3) is 10.2 Å². The second-order valence-electron chi connectivity index (χ2n) is 6.31. The van der Waals surface area contributed by atoms with Crippen LogP contribution in [0.1, 0.15) is 48.6 Å². The molecule has 22 heavy (non-hydrogen) atoms. The van der Waals surface area contributed by atoms with Gasteiger partial charge in [-0.2, -0.15) is 4.57 Å². The van der Waals surface area contributed by atoms with Gasteiger partial charge in [0, 0.05) is 11.6 Å². The van der Waals surface area contributed by atoms with E-state index in [2.05, 4.69) is 59.2 Å². The van der Waals surface area contributed by atoms with Crippen molar-refractivity contribution in [2.45, 2.75) is 44.6 Å². The Morgan fingerprint density at radius 3 is 2.41 bits per heavy atom. The molecule has 4 rings (SSSR count). The number of hydrogen-bond acceptors (Lipinski definition) is 1. The Kier molecular flexibility index (Phi) is 3.94. The van der Waals surface area contributed by atoms with Gasteiger partial charge in [0.15, 0.2) is 6.54 Å². The smallest absolute Gasteiger partial charge is 0.181 e. The summed E-state index contributed by atoms with van der Waals surface area (Å²) in [6, 6.07) is 19.7. The summed E-state index contributed by atoms with van der Waals surface area (Å²) >= 11 is 2.01.